The lowest BCUT2D eigenvalue weighted by atomic mass is 10.1. The van der Waals surface area contributed by atoms with E-state index in [1.54, 1.807) is 18.0 Å². The summed E-state index contributed by atoms with van der Waals surface area (Å²) in [7, 11) is 0. The first-order valence-electron chi connectivity index (χ1n) is 4.91. The average Bonchev–Trinajstić information content (AvgIpc) is 2.30. The van der Waals surface area contributed by atoms with Crippen molar-refractivity contribution in [1.29, 1.82) is 0 Å². The number of halogens is 1. The molecular weight excluding hydrogens is 315 g/mol. The topological polar surface area (TPSA) is 33.2 Å². The molecule has 1 aromatic heterocycles. The van der Waals surface area contributed by atoms with E-state index in [1.165, 1.54) is 0 Å². The Morgan fingerprint density at radius 1 is 1.38 bits per heavy atom. The van der Waals surface area contributed by atoms with E-state index in [2.05, 4.69) is 27.6 Å². The van der Waals surface area contributed by atoms with E-state index in [1.807, 2.05) is 30.5 Å². The fourth-order valence-corrected chi connectivity index (χ4v) is 2.48. The van der Waals surface area contributed by atoms with Crippen LogP contribution in [0, 0.1) is 0 Å². The molecular formula is C12H11IN2O. The largest absolute Gasteiger partial charge is 0.301 e. The van der Waals surface area contributed by atoms with E-state index >= 15 is 0 Å². The Labute approximate surface area is 108 Å². The molecule has 0 radical (unpaired) electrons. The van der Waals surface area contributed by atoms with Crippen molar-refractivity contribution < 1.29 is 4.79 Å². The molecule has 4 heteroatoms. The van der Waals surface area contributed by atoms with Gasteiger partial charge in [-0.1, -0.05) is 46.9 Å². The van der Waals surface area contributed by atoms with Crippen molar-refractivity contribution in [3.8, 4) is 0 Å². The normalized spacial score (nSPS) is 10.4. The highest BCUT2D eigenvalue weighted by atomic mass is 127. The molecule has 0 spiro atoms. The number of fused-ring (bicyclic) bond motifs is 1. The molecule has 0 aliphatic rings. The Balaban J connectivity index is 2.63. The summed E-state index contributed by atoms with van der Waals surface area (Å²) in [6.07, 6.45) is 3.55. The van der Waals surface area contributed by atoms with Crippen LogP contribution in [0.25, 0.3) is 10.8 Å². The summed E-state index contributed by atoms with van der Waals surface area (Å²) in [6.45, 7) is 1.57. The second kappa shape index (κ2) is 4.78. The zero-order valence-corrected chi connectivity index (χ0v) is 11.0. The standard InChI is InChI=1S/C12H11IN2O/c1-9(16)15(8-13)12-7-14-6-10-4-2-3-5-11(10)12/h2-7H,8H2,1H3. The minimum atomic E-state index is 0.0348. The van der Waals surface area contributed by atoms with Gasteiger partial charge < -0.3 is 4.90 Å². The quantitative estimate of drug-likeness (QED) is 0.483. The molecule has 1 aromatic carbocycles. The Bertz CT molecular complexity index is 522. The van der Waals surface area contributed by atoms with E-state index in [0.717, 1.165) is 16.5 Å². The summed E-state index contributed by atoms with van der Waals surface area (Å²) in [6, 6.07) is 7.94. The van der Waals surface area contributed by atoms with Crippen molar-refractivity contribution >= 4 is 45.0 Å². The number of pyridine rings is 1. The zero-order chi connectivity index (χ0) is 11.5. The lowest BCUT2D eigenvalue weighted by Gasteiger charge is -2.19. The van der Waals surface area contributed by atoms with E-state index < -0.39 is 0 Å². The molecule has 0 fully saturated rings. The predicted octanol–water partition coefficient (Wildman–Crippen LogP) is 2.98. The van der Waals surface area contributed by atoms with E-state index in [0.29, 0.717) is 4.55 Å². The lowest BCUT2D eigenvalue weighted by molar-refractivity contribution is -0.116. The van der Waals surface area contributed by atoms with Crippen molar-refractivity contribution in [2.75, 3.05) is 9.45 Å². The average molecular weight is 326 g/mol. The van der Waals surface area contributed by atoms with Crippen LogP contribution in [0.3, 0.4) is 0 Å². The van der Waals surface area contributed by atoms with Crippen molar-refractivity contribution in [1.82, 2.24) is 4.98 Å². The number of nitrogens with zero attached hydrogens (tertiary/aromatic N) is 2. The number of aromatic nitrogens is 1. The summed E-state index contributed by atoms with van der Waals surface area (Å²) >= 11 is 2.18. The van der Waals surface area contributed by atoms with Crippen LogP contribution in [0.2, 0.25) is 0 Å². The molecule has 0 saturated carbocycles. The third kappa shape index (κ3) is 2.02. The zero-order valence-electron chi connectivity index (χ0n) is 8.85. The second-order valence-corrected chi connectivity index (χ2v) is 4.13. The van der Waals surface area contributed by atoms with Crippen LogP contribution in [0.4, 0.5) is 5.69 Å². The van der Waals surface area contributed by atoms with Crippen molar-refractivity contribution in [2.24, 2.45) is 0 Å². The molecule has 2 rings (SSSR count). The first-order valence-corrected chi connectivity index (χ1v) is 6.43. The fourth-order valence-electron chi connectivity index (χ4n) is 1.63. The smallest absolute Gasteiger partial charge is 0.224 e. The first kappa shape index (κ1) is 11.3. The van der Waals surface area contributed by atoms with E-state index in [9.17, 15) is 4.79 Å². The van der Waals surface area contributed by atoms with E-state index in [4.69, 9.17) is 0 Å². The third-order valence-corrected chi connectivity index (χ3v) is 3.12. The molecule has 16 heavy (non-hydrogen) atoms. The van der Waals surface area contributed by atoms with Crippen LogP contribution >= 0.6 is 22.6 Å². The van der Waals surface area contributed by atoms with Crippen LogP contribution in [-0.2, 0) is 4.79 Å². The number of alkyl halides is 1. The summed E-state index contributed by atoms with van der Waals surface area (Å²) in [5.74, 6) is 0.0348. The predicted molar refractivity (Wildman–Crippen MR) is 73.8 cm³/mol. The van der Waals surface area contributed by atoms with Crippen LogP contribution in [0.15, 0.2) is 36.7 Å². The van der Waals surface area contributed by atoms with Gasteiger partial charge in [-0.15, -0.1) is 0 Å². The molecule has 0 aliphatic carbocycles. The minimum absolute atomic E-state index is 0.0348. The van der Waals surface area contributed by atoms with Gasteiger partial charge in [-0.25, -0.2) is 0 Å². The van der Waals surface area contributed by atoms with Gasteiger partial charge in [-0.2, -0.15) is 0 Å². The molecule has 1 heterocycles. The van der Waals surface area contributed by atoms with E-state index in [-0.39, 0.29) is 5.91 Å². The molecule has 0 bridgehead atoms. The van der Waals surface area contributed by atoms with Crippen LogP contribution in [-0.4, -0.2) is 15.4 Å². The van der Waals surface area contributed by atoms with Gasteiger partial charge in [0.2, 0.25) is 5.91 Å². The van der Waals surface area contributed by atoms with Gasteiger partial charge in [-0.3, -0.25) is 9.78 Å². The molecule has 82 valence electrons. The molecule has 0 atom stereocenters. The summed E-state index contributed by atoms with van der Waals surface area (Å²) in [5, 5.41) is 2.11. The molecule has 3 nitrogen and oxygen atoms in total. The van der Waals surface area contributed by atoms with Gasteiger partial charge in [-0.05, 0) is 0 Å². The van der Waals surface area contributed by atoms with Gasteiger partial charge >= 0.3 is 0 Å². The van der Waals surface area contributed by atoms with Gasteiger partial charge in [0.25, 0.3) is 0 Å². The highest BCUT2D eigenvalue weighted by molar-refractivity contribution is 14.1. The highest BCUT2D eigenvalue weighted by Crippen LogP contribution is 2.25. The SMILES string of the molecule is CC(=O)N(CI)c1cncc2ccccc12. The molecule has 0 aliphatic heterocycles. The Hall–Kier alpha value is -1.17. The van der Waals surface area contributed by atoms with Gasteiger partial charge in [0.1, 0.15) is 0 Å². The highest BCUT2D eigenvalue weighted by Gasteiger charge is 2.12. The molecule has 2 aromatic rings. The van der Waals surface area contributed by atoms with Crippen molar-refractivity contribution in [3.05, 3.63) is 36.7 Å². The number of amides is 1. The van der Waals surface area contributed by atoms with Gasteiger partial charge in [0, 0.05) is 23.9 Å². The Kier molecular flexibility index (Phi) is 3.38. The first-order chi connectivity index (χ1) is 7.74. The monoisotopic (exact) mass is 326 g/mol. The fraction of sp³-hybridized carbons (Fsp3) is 0.167. The molecule has 0 N–H and O–H groups in total. The van der Waals surface area contributed by atoms with Gasteiger partial charge in [0.05, 0.1) is 16.4 Å². The second-order valence-electron chi connectivity index (χ2n) is 3.45. The van der Waals surface area contributed by atoms with Crippen molar-refractivity contribution in [3.63, 3.8) is 0 Å². The lowest BCUT2D eigenvalue weighted by Crippen LogP contribution is -2.26. The summed E-state index contributed by atoms with van der Waals surface area (Å²) in [4.78, 5) is 17.4. The number of carbonyl (C=O) groups is 1. The maximum Gasteiger partial charge on any atom is 0.224 e. The van der Waals surface area contributed by atoms with Crippen LogP contribution in [0.5, 0.6) is 0 Å². The van der Waals surface area contributed by atoms with Crippen LogP contribution < -0.4 is 4.90 Å². The summed E-state index contributed by atoms with van der Waals surface area (Å²) < 4.78 is 0.628. The number of carbonyl (C=O) groups excluding carboxylic acids is 1. The molecule has 0 unspecified atom stereocenters. The maximum atomic E-state index is 11.5. The number of hydrogen-bond donors (Lipinski definition) is 0. The minimum Gasteiger partial charge on any atom is -0.301 e. The molecule has 0 saturated heterocycles. The summed E-state index contributed by atoms with van der Waals surface area (Å²) in [5.41, 5.74) is 0.875. The number of benzene rings is 1. The number of rotatable bonds is 2. The maximum absolute atomic E-state index is 11.5. The third-order valence-electron chi connectivity index (χ3n) is 2.44. The van der Waals surface area contributed by atoms with Gasteiger partial charge in [0.15, 0.2) is 0 Å². The number of anilines is 1. The Morgan fingerprint density at radius 3 is 2.81 bits per heavy atom. The number of hydrogen-bond acceptors (Lipinski definition) is 2. The van der Waals surface area contributed by atoms with Crippen molar-refractivity contribution in [2.45, 2.75) is 6.92 Å². The van der Waals surface area contributed by atoms with Crippen LogP contribution in [0.1, 0.15) is 6.92 Å². The Morgan fingerprint density at radius 2 is 2.12 bits per heavy atom. The molecule has 1 amide bonds.